The molecule has 1 N–H and O–H groups in total. The Balaban J connectivity index is 4.23. The van der Waals surface area contributed by atoms with Crippen molar-refractivity contribution < 1.29 is 42.9 Å². The number of esters is 2. The number of carbonyl (C=O) groups excluding carboxylic acids is 2. The monoisotopic (exact) mass is 1020 g/mol. The molecule has 0 aliphatic carbocycles. The molecule has 0 aromatic heterocycles. The van der Waals surface area contributed by atoms with Gasteiger partial charge in [-0.2, -0.15) is 0 Å². The van der Waals surface area contributed by atoms with E-state index in [0.29, 0.717) is 17.4 Å². The van der Waals surface area contributed by atoms with Crippen molar-refractivity contribution in [3.05, 3.63) is 109 Å². The number of allylic oxidation sites excluding steroid dienone is 18. The van der Waals surface area contributed by atoms with Crippen LogP contribution >= 0.6 is 0 Å². The lowest BCUT2D eigenvalue weighted by atomic mass is 10.0. The summed E-state index contributed by atoms with van der Waals surface area (Å²) in [6.07, 6.45) is 71.6. The number of ether oxygens (including phenoxy) is 4. The number of quaternary nitrogens is 1. The maximum atomic E-state index is 12.9. The van der Waals surface area contributed by atoms with Crippen LogP contribution in [0, 0.1) is 0 Å². The minimum Gasteiger partial charge on any atom is -0.477 e. The van der Waals surface area contributed by atoms with E-state index in [2.05, 4.69) is 123 Å². The van der Waals surface area contributed by atoms with Gasteiger partial charge in [-0.15, -0.1) is 0 Å². The van der Waals surface area contributed by atoms with Gasteiger partial charge < -0.3 is 28.5 Å². The summed E-state index contributed by atoms with van der Waals surface area (Å²) < 4.78 is 22.9. The molecule has 2 unspecified atom stereocenters. The Hall–Kier alpha value is -4.05. The lowest BCUT2D eigenvalue weighted by Gasteiger charge is -2.25. The zero-order valence-corrected chi connectivity index (χ0v) is 47.3. The highest BCUT2D eigenvalue weighted by Crippen LogP contribution is 2.15. The third kappa shape index (κ3) is 55.5. The molecule has 0 aromatic carbocycles. The lowest BCUT2D eigenvalue weighted by Crippen LogP contribution is -2.40. The van der Waals surface area contributed by atoms with Gasteiger partial charge in [-0.3, -0.25) is 9.59 Å². The van der Waals surface area contributed by atoms with E-state index in [0.717, 1.165) is 109 Å². The van der Waals surface area contributed by atoms with Crippen LogP contribution in [0.1, 0.15) is 219 Å². The summed E-state index contributed by atoms with van der Waals surface area (Å²) >= 11 is 0. The van der Waals surface area contributed by atoms with E-state index in [1.165, 1.54) is 77.0 Å². The Morgan fingerprint density at radius 2 is 0.740 bits per heavy atom. The first-order valence-electron chi connectivity index (χ1n) is 29.1. The van der Waals surface area contributed by atoms with Gasteiger partial charge in [-0.25, -0.2) is 4.79 Å². The van der Waals surface area contributed by atoms with Crippen LogP contribution in [0.25, 0.3) is 0 Å². The molecule has 416 valence electrons. The van der Waals surface area contributed by atoms with Crippen molar-refractivity contribution in [2.45, 2.75) is 232 Å². The van der Waals surface area contributed by atoms with Crippen molar-refractivity contribution in [3.63, 3.8) is 0 Å². The van der Waals surface area contributed by atoms with E-state index in [-0.39, 0.29) is 38.6 Å². The second-order valence-electron chi connectivity index (χ2n) is 20.2. The third-order valence-corrected chi connectivity index (χ3v) is 12.0. The fourth-order valence-corrected chi connectivity index (χ4v) is 7.62. The third-order valence-electron chi connectivity index (χ3n) is 12.0. The first-order chi connectivity index (χ1) is 35.6. The fourth-order valence-electron chi connectivity index (χ4n) is 7.62. The Bertz CT molecular complexity index is 1560. The molecule has 0 amide bonds. The standard InChI is InChI=1S/C64H107NO8/c1-6-8-10-12-14-16-18-20-22-24-25-26-27-28-29-30-31-32-33-34-35-36-37-39-41-43-45-47-49-51-53-55-62(67)73-60(59-72-64(63(68)69)70-57-56-65(3,4)5)58-71-61(66)54-52-50-48-46-44-42-40-38-23-21-19-17-15-13-11-9-7-2/h8-11,14-17,20-23,25-26,28-29,31-32,60,64H,6-7,12-13,18-19,24,27,30,33-59H2,1-5H3/p+1/b10-8-,11-9-,16-14-,17-15-,22-20-,23-21-,26-25-,29-28-,32-31-. The van der Waals surface area contributed by atoms with Crippen molar-refractivity contribution in [1.29, 1.82) is 0 Å². The Morgan fingerprint density at radius 3 is 1.10 bits per heavy atom. The highest BCUT2D eigenvalue weighted by Gasteiger charge is 2.25. The summed E-state index contributed by atoms with van der Waals surface area (Å²) in [5, 5.41) is 9.70. The normalized spacial score (nSPS) is 13.6. The number of carboxylic acid groups (broad SMARTS) is 1. The number of carboxylic acids is 1. The average Bonchev–Trinajstić information content (AvgIpc) is 3.36. The Kier molecular flexibility index (Phi) is 51.2. The van der Waals surface area contributed by atoms with Crippen LogP contribution in [0.4, 0.5) is 0 Å². The summed E-state index contributed by atoms with van der Waals surface area (Å²) in [4.78, 5) is 37.4. The number of rotatable bonds is 52. The zero-order valence-electron chi connectivity index (χ0n) is 47.3. The summed E-state index contributed by atoms with van der Waals surface area (Å²) in [6, 6.07) is 0. The topological polar surface area (TPSA) is 108 Å². The van der Waals surface area contributed by atoms with Gasteiger partial charge in [0.05, 0.1) is 34.4 Å². The molecule has 0 aromatic rings. The van der Waals surface area contributed by atoms with E-state index >= 15 is 0 Å². The first-order valence-corrected chi connectivity index (χ1v) is 29.1. The molecule has 9 nitrogen and oxygen atoms in total. The molecule has 0 radical (unpaired) electrons. The SMILES string of the molecule is CC/C=C\C/C=C\C/C=C\C/C=C\C/C=C\C/C=C\CCCCCCCCCCCCCCC(=O)OC(COC(=O)CCCCCCCCC/C=C\C/C=C\C/C=C\CC)COC(OCC[N+](C)(C)C)C(=O)O. The van der Waals surface area contributed by atoms with Gasteiger partial charge in [-0.1, -0.05) is 220 Å². The number of hydrogen-bond acceptors (Lipinski definition) is 7. The highest BCUT2D eigenvalue weighted by molar-refractivity contribution is 5.71. The summed E-state index contributed by atoms with van der Waals surface area (Å²) in [7, 11) is 5.96. The number of unbranched alkanes of at least 4 members (excludes halogenated alkanes) is 19. The molecule has 0 aliphatic rings. The maximum absolute atomic E-state index is 12.9. The fraction of sp³-hybridized carbons (Fsp3) is 0.672. The predicted molar refractivity (Wildman–Crippen MR) is 308 cm³/mol. The molecule has 9 heteroatoms. The zero-order chi connectivity index (χ0) is 53.4. The van der Waals surface area contributed by atoms with E-state index in [1.54, 1.807) is 0 Å². The van der Waals surface area contributed by atoms with Crippen molar-refractivity contribution in [2.24, 2.45) is 0 Å². The minimum absolute atomic E-state index is 0.180. The smallest absolute Gasteiger partial charge is 0.361 e. The van der Waals surface area contributed by atoms with Crippen LogP contribution in [-0.2, 0) is 33.3 Å². The molecule has 0 rings (SSSR count). The van der Waals surface area contributed by atoms with E-state index in [1.807, 2.05) is 21.1 Å². The summed E-state index contributed by atoms with van der Waals surface area (Å²) in [6.45, 7) is 4.63. The minimum atomic E-state index is -1.52. The second kappa shape index (κ2) is 54.2. The largest absolute Gasteiger partial charge is 0.477 e. The Morgan fingerprint density at radius 1 is 0.411 bits per heavy atom. The molecule has 0 spiro atoms. The van der Waals surface area contributed by atoms with Crippen molar-refractivity contribution in [3.8, 4) is 0 Å². The molecule has 73 heavy (non-hydrogen) atoms. The van der Waals surface area contributed by atoms with Gasteiger partial charge >= 0.3 is 17.9 Å². The molecule has 0 aliphatic heterocycles. The molecule has 0 heterocycles. The van der Waals surface area contributed by atoms with Crippen LogP contribution in [0.15, 0.2) is 109 Å². The number of nitrogens with zero attached hydrogens (tertiary/aromatic N) is 1. The van der Waals surface area contributed by atoms with Crippen LogP contribution in [0.2, 0.25) is 0 Å². The predicted octanol–water partition coefficient (Wildman–Crippen LogP) is 17.1. The molecule has 2 atom stereocenters. The molecule has 0 fully saturated rings. The van der Waals surface area contributed by atoms with Crippen LogP contribution in [0.5, 0.6) is 0 Å². The number of aliphatic carboxylic acids is 1. The molecule has 0 saturated carbocycles. The van der Waals surface area contributed by atoms with Gasteiger partial charge in [0.1, 0.15) is 13.2 Å². The van der Waals surface area contributed by atoms with Gasteiger partial charge in [0, 0.05) is 12.8 Å². The van der Waals surface area contributed by atoms with E-state index in [4.69, 9.17) is 18.9 Å². The van der Waals surface area contributed by atoms with Crippen LogP contribution in [0.3, 0.4) is 0 Å². The van der Waals surface area contributed by atoms with Crippen molar-refractivity contribution in [1.82, 2.24) is 0 Å². The average molecular weight is 1020 g/mol. The van der Waals surface area contributed by atoms with Crippen molar-refractivity contribution in [2.75, 3.05) is 47.5 Å². The Labute approximate surface area is 447 Å². The summed E-state index contributed by atoms with van der Waals surface area (Å²) in [5.41, 5.74) is 0. The summed E-state index contributed by atoms with van der Waals surface area (Å²) in [5.74, 6) is -2.03. The number of carbonyl (C=O) groups is 3. The van der Waals surface area contributed by atoms with E-state index in [9.17, 15) is 19.5 Å². The number of hydrogen-bond donors (Lipinski definition) is 1. The molecular formula is C64H108NO8+. The second-order valence-corrected chi connectivity index (χ2v) is 20.2. The number of likely N-dealkylation sites (N-methyl/N-ethyl adjacent to an activating group) is 1. The highest BCUT2D eigenvalue weighted by atomic mass is 16.7. The molecule has 0 bridgehead atoms. The lowest BCUT2D eigenvalue weighted by molar-refractivity contribution is -0.870. The van der Waals surface area contributed by atoms with E-state index < -0.39 is 24.3 Å². The molecular weight excluding hydrogens is 911 g/mol. The maximum Gasteiger partial charge on any atom is 0.361 e. The quantitative estimate of drug-likeness (QED) is 0.0211. The van der Waals surface area contributed by atoms with Crippen molar-refractivity contribution >= 4 is 17.9 Å². The first kappa shape index (κ1) is 69.0. The van der Waals surface area contributed by atoms with Gasteiger partial charge in [-0.05, 0) is 96.3 Å². The van der Waals surface area contributed by atoms with Gasteiger partial charge in [0.15, 0.2) is 6.10 Å². The van der Waals surface area contributed by atoms with Gasteiger partial charge in [0.25, 0.3) is 6.29 Å². The van der Waals surface area contributed by atoms with Crippen LogP contribution < -0.4 is 0 Å². The van der Waals surface area contributed by atoms with Gasteiger partial charge in [0.2, 0.25) is 0 Å². The van der Waals surface area contributed by atoms with Crippen LogP contribution in [-0.4, -0.2) is 87.4 Å². The molecule has 0 saturated heterocycles.